The Bertz CT molecular complexity index is 745. The standard InChI is InChI=1S/C14H11F4N3O2/c15-8-1-3-9(4-2-8)21-12(5-10(19-21)13(22)23)20-6-11(16)14(17,18)7-20/h1-5,11H,6-7H2,(H,22,23). The first kappa shape index (κ1) is 15.3. The first-order valence-corrected chi connectivity index (χ1v) is 6.64. The van der Waals surface area contributed by atoms with Gasteiger partial charge in [-0.2, -0.15) is 5.10 Å². The summed E-state index contributed by atoms with van der Waals surface area (Å²) >= 11 is 0. The van der Waals surface area contributed by atoms with Gasteiger partial charge in [-0.25, -0.2) is 27.0 Å². The van der Waals surface area contributed by atoms with E-state index in [1.807, 2.05) is 0 Å². The van der Waals surface area contributed by atoms with Crippen molar-refractivity contribution in [2.24, 2.45) is 0 Å². The Kier molecular flexibility index (Phi) is 3.50. The zero-order chi connectivity index (χ0) is 16.8. The molecule has 1 fully saturated rings. The fourth-order valence-electron chi connectivity index (χ4n) is 2.39. The largest absolute Gasteiger partial charge is 0.476 e. The molecule has 2 aromatic rings. The van der Waals surface area contributed by atoms with Crippen molar-refractivity contribution in [3.8, 4) is 5.69 Å². The molecule has 122 valence electrons. The van der Waals surface area contributed by atoms with E-state index in [1.54, 1.807) is 0 Å². The van der Waals surface area contributed by atoms with E-state index in [4.69, 9.17) is 5.11 Å². The number of carbonyl (C=O) groups is 1. The molecular weight excluding hydrogens is 318 g/mol. The molecule has 0 amide bonds. The number of benzene rings is 1. The number of hydrogen-bond acceptors (Lipinski definition) is 3. The summed E-state index contributed by atoms with van der Waals surface area (Å²) in [4.78, 5) is 12.1. The van der Waals surface area contributed by atoms with E-state index in [0.29, 0.717) is 0 Å². The molecule has 3 rings (SSSR count). The number of aromatic nitrogens is 2. The van der Waals surface area contributed by atoms with E-state index in [1.165, 1.54) is 12.1 Å². The lowest BCUT2D eigenvalue weighted by molar-refractivity contribution is -0.0349. The Balaban J connectivity index is 2.05. The van der Waals surface area contributed by atoms with Crippen molar-refractivity contribution in [3.05, 3.63) is 41.8 Å². The highest BCUT2D eigenvalue weighted by molar-refractivity contribution is 5.86. The lowest BCUT2D eigenvalue weighted by Crippen LogP contribution is -2.29. The molecule has 0 spiro atoms. The number of halogens is 4. The summed E-state index contributed by atoms with van der Waals surface area (Å²) in [5.41, 5.74) is -0.102. The number of rotatable bonds is 3. The Labute approximate surface area is 127 Å². The second-order valence-corrected chi connectivity index (χ2v) is 5.19. The lowest BCUT2D eigenvalue weighted by atomic mass is 10.3. The second kappa shape index (κ2) is 5.25. The lowest BCUT2D eigenvalue weighted by Gasteiger charge is -2.18. The van der Waals surface area contributed by atoms with Crippen LogP contribution in [-0.4, -0.2) is 46.0 Å². The third kappa shape index (κ3) is 2.73. The van der Waals surface area contributed by atoms with E-state index < -0.39 is 37.0 Å². The molecule has 23 heavy (non-hydrogen) atoms. The normalized spacial score (nSPS) is 20.0. The van der Waals surface area contributed by atoms with Gasteiger partial charge in [0.15, 0.2) is 11.9 Å². The highest BCUT2D eigenvalue weighted by atomic mass is 19.3. The number of nitrogens with zero attached hydrogens (tertiary/aromatic N) is 3. The van der Waals surface area contributed by atoms with Crippen LogP contribution in [0.2, 0.25) is 0 Å². The summed E-state index contributed by atoms with van der Waals surface area (Å²) in [6.45, 7) is -1.47. The van der Waals surface area contributed by atoms with Gasteiger partial charge in [-0.15, -0.1) is 0 Å². The average Bonchev–Trinajstić information content (AvgIpc) is 3.02. The van der Waals surface area contributed by atoms with Gasteiger partial charge in [0.25, 0.3) is 5.92 Å². The third-order valence-electron chi connectivity index (χ3n) is 3.55. The first-order chi connectivity index (χ1) is 10.8. The summed E-state index contributed by atoms with van der Waals surface area (Å²) in [5.74, 6) is -5.39. The van der Waals surface area contributed by atoms with Crippen LogP contribution < -0.4 is 4.90 Å². The topological polar surface area (TPSA) is 58.4 Å². The van der Waals surface area contributed by atoms with Crippen molar-refractivity contribution in [1.82, 2.24) is 9.78 Å². The molecule has 0 saturated carbocycles. The smallest absolute Gasteiger partial charge is 0.356 e. The summed E-state index contributed by atoms with van der Waals surface area (Å²) in [6, 6.07) is 5.96. The number of carboxylic acid groups (broad SMARTS) is 1. The minimum atomic E-state index is -3.53. The highest BCUT2D eigenvalue weighted by Crippen LogP contribution is 2.34. The molecule has 0 bridgehead atoms. The molecule has 0 radical (unpaired) electrons. The van der Waals surface area contributed by atoms with Crippen LogP contribution in [0.4, 0.5) is 23.4 Å². The van der Waals surface area contributed by atoms with Crippen molar-refractivity contribution in [1.29, 1.82) is 0 Å². The molecule has 1 N–H and O–H groups in total. The van der Waals surface area contributed by atoms with Gasteiger partial charge in [0.2, 0.25) is 0 Å². The minimum absolute atomic E-state index is 0.00818. The molecule has 9 heteroatoms. The van der Waals surface area contributed by atoms with Crippen LogP contribution in [-0.2, 0) is 0 Å². The monoisotopic (exact) mass is 329 g/mol. The molecule has 1 unspecified atom stereocenters. The molecule has 5 nitrogen and oxygen atoms in total. The van der Waals surface area contributed by atoms with Gasteiger partial charge in [0.1, 0.15) is 11.6 Å². The van der Waals surface area contributed by atoms with Crippen LogP contribution in [0.5, 0.6) is 0 Å². The van der Waals surface area contributed by atoms with Crippen molar-refractivity contribution in [2.45, 2.75) is 12.1 Å². The van der Waals surface area contributed by atoms with Gasteiger partial charge < -0.3 is 10.0 Å². The quantitative estimate of drug-likeness (QED) is 0.879. The maximum atomic E-state index is 13.4. The molecular formula is C14H11F4N3O2. The van der Waals surface area contributed by atoms with Crippen LogP contribution in [0, 0.1) is 5.82 Å². The van der Waals surface area contributed by atoms with Crippen molar-refractivity contribution < 1.29 is 27.5 Å². The predicted molar refractivity (Wildman–Crippen MR) is 72.5 cm³/mol. The number of aromatic carboxylic acids is 1. The fourth-order valence-corrected chi connectivity index (χ4v) is 2.39. The van der Waals surface area contributed by atoms with Crippen molar-refractivity contribution in [3.63, 3.8) is 0 Å². The van der Waals surface area contributed by atoms with Gasteiger partial charge >= 0.3 is 5.97 Å². The Morgan fingerprint density at radius 3 is 2.48 bits per heavy atom. The first-order valence-electron chi connectivity index (χ1n) is 6.64. The fraction of sp³-hybridized carbons (Fsp3) is 0.286. The molecule has 1 aliphatic rings. The van der Waals surface area contributed by atoms with Gasteiger partial charge in [0.05, 0.1) is 18.8 Å². The van der Waals surface area contributed by atoms with Crippen molar-refractivity contribution >= 4 is 11.8 Å². The molecule has 1 aromatic carbocycles. The number of alkyl halides is 3. The Morgan fingerprint density at radius 1 is 1.30 bits per heavy atom. The van der Waals surface area contributed by atoms with Crippen LogP contribution in [0.3, 0.4) is 0 Å². The average molecular weight is 329 g/mol. The molecule has 0 aliphatic carbocycles. The second-order valence-electron chi connectivity index (χ2n) is 5.19. The highest BCUT2D eigenvalue weighted by Gasteiger charge is 2.49. The van der Waals surface area contributed by atoms with E-state index in [-0.39, 0.29) is 17.2 Å². The van der Waals surface area contributed by atoms with Crippen molar-refractivity contribution in [2.75, 3.05) is 18.0 Å². The number of hydrogen-bond donors (Lipinski definition) is 1. The summed E-state index contributed by atoms with van der Waals surface area (Å²) in [5, 5.41) is 12.8. The van der Waals surface area contributed by atoms with E-state index in [2.05, 4.69) is 5.10 Å². The van der Waals surface area contributed by atoms with Gasteiger partial charge in [-0.1, -0.05) is 0 Å². The molecule has 1 aliphatic heterocycles. The van der Waals surface area contributed by atoms with Gasteiger partial charge in [0, 0.05) is 6.07 Å². The minimum Gasteiger partial charge on any atom is -0.476 e. The maximum absolute atomic E-state index is 13.4. The van der Waals surface area contributed by atoms with E-state index >= 15 is 0 Å². The molecule has 1 atom stereocenters. The zero-order valence-electron chi connectivity index (χ0n) is 11.6. The predicted octanol–water partition coefficient (Wildman–Crippen LogP) is 2.50. The van der Waals surface area contributed by atoms with E-state index in [0.717, 1.165) is 27.8 Å². The van der Waals surface area contributed by atoms with Gasteiger partial charge in [-0.3, -0.25) is 0 Å². The zero-order valence-corrected chi connectivity index (χ0v) is 11.6. The third-order valence-corrected chi connectivity index (χ3v) is 3.55. The maximum Gasteiger partial charge on any atom is 0.356 e. The number of anilines is 1. The Hall–Kier alpha value is -2.58. The molecule has 1 aromatic heterocycles. The van der Waals surface area contributed by atoms with Crippen LogP contribution in [0.1, 0.15) is 10.5 Å². The summed E-state index contributed by atoms with van der Waals surface area (Å²) < 4.78 is 54.3. The van der Waals surface area contributed by atoms with Crippen LogP contribution in [0.25, 0.3) is 5.69 Å². The molecule has 1 saturated heterocycles. The molecule has 2 heterocycles. The number of carboxylic acids is 1. The summed E-state index contributed by atoms with van der Waals surface area (Å²) in [6.07, 6.45) is -2.35. The van der Waals surface area contributed by atoms with Crippen LogP contribution in [0.15, 0.2) is 30.3 Å². The van der Waals surface area contributed by atoms with Crippen LogP contribution >= 0.6 is 0 Å². The SMILES string of the molecule is O=C(O)c1cc(N2CC(F)C(F)(F)C2)n(-c2ccc(F)cc2)n1. The Morgan fingerprint density at radius 2 is 1.96 bits per heavy atom. The van der Waals surface area contributed by atoms with E-state index in [9.17, 15) is 22.4 Å². The van der Waals surface area contributed by atoms with Gasteiger partial charge in [-0.05, 0) is 24.3 Å². The summed E-state index contributed by atoms with van der Waals surface area (Å²) in [7, 11) is 0.